The van der Waals surface area contributed by atoms with Crippen LogP contribution in [0.1, 0.15) is 5.56 Å². The van der Waals surface area contributed by atoms with Gasteiger partial charge in [0, 0.05) is 17.7 Å². The highest BCUT2D eigenvalue weighted by Crippen LogP contribution is 2.35. The smallest absolute Gasteiger partial charge is 0.171 e. The van der Waals surface area contributed by atoms with Crippen LogP contribution in [-0.4, -0.2) is 18.4 Å². The first-order valence-electron chi connectivity index (χ1n) is 5.42. The van der Waals surface area contributed by atoms with E-state index in [0.717, 1.165) is 22.6 Å². The molecule has 2 aromatic rings. The molecular weight excluding hydrogens is 220 g/mol. The molecule has 2 heterocycles. The maximum atomic E-state index is 5.61. The van der Waals surface area contributed by atoms with Gasteiger partial charge in [-0.05, 0) is 18.2 Å². The molecule has 1 aromatic carbocycles. The first kappa shape index (κ1) is 10.2. The van der Waals surface area contributed by atoms with Crippen molar-refractivity contribution in [3.05, 3.63) is 30.0 Å². The topological polar surface area (TPSA) is 70.5 Å². The van der Waals surface area contributed by atoms with Crippen LogP contribution in [0.15, 0.2) is 28.9 Å². The second kappa shape index (κ2) is 4.10. The summed E-state index contributed by atoms with van der Waals surface area (Å²) in [5, 5.41) is 3.75. The molecule has 5 heteroatoms. The Morgan fingerprint density at radius 3 is 2.82 bits per heavy atom. The van der Waals surface area contributed by atoms with Gasteiger partial charge in [-0.2, -0.15) is 0 Å². The zero-order chi connectivity index (χ0) is 11.7. The van der Waals surface area contributed by atoms with Crippen molar-refractivity contribution in [1.82, 2.24) is 5.16 Å². The highest BCUT2D eigenvalue weighted by atomic mass is 16.6. The number of rotatable bonds is 2. The van der Waals surface area contributed by atoms with Gasteiger partial charge in [0.15, 0.2) is 17.3 Å². The van der Waals surface area contributed by atoms with E-state index in [-0.39, 0.29) is 0 Å². The first-order chi connectivity index (χ1) is 8.38. The average Bonchev–Trinajstić information content (AvgIpc) is 2.86. The minimum atomic E-state index is 0.396. The Labute approximate surface area is 98.1 Å². The van der Waals surface area contributed by atoms with Gasteiger partial charge in [0.2, 0.25) is 0 Å². The number of nitrogens with zero attached hydrogens (tertiary/aromatic N) is 1. The summed E-state index contributed by atoms with van der Waals surface area (Å²) in [4.78, 5) is 0. The van der Waals surface area contributed by atoms with Crippen molar-refractivity contribution in [3.63, 3.8) is 0 Å². The fraction of sp³-hybridized carbons (Fsp3) is 0.250. The Hall–Kier alpha value is -2.01. The summed E-state index contributed by atoms with van der Waals surface area (Å²) in [6.45, 7) is 1.55. The van der Waals surface area contributed by atoms with Gasteiger partial charge in [0.25, 0.3) is 0 Å². The Morgan fingerprint density at radius 2 is 2.00 bits per heavy atom. The predicted octanol–water partition coefficient (Wildman–Crippen LogP) is 1.57. The van der Waals surface area contributed by atoms with E-state index in [4.69, 9.17) is 19.7 Å². The first-order valence-corrected chi connectivity index (χ1v) is 5.42. The van der Waals surface area contributed by atoms with Gasteiger partial charge >= 0.3 is 0 Å². The summed E-state index contributed by atoms with van der Waals surface area (Å²) in [5.41, 5.74) is 7.39. The summed E-state index contributed by atoms with van der Waals surface area (Å²) in [6.07, 6.45) is 1.63. The largest absolute Gasteiger partial charge is 0.486 e. The molecule has 1 aliphatic rings. The monoisotopic (exact) mass is 232 g/mol. The molecule has 0 amide bonds. The van der Waals surface area contributed by atoms with Crippen molar-refractivity contribution in [2.45, 2.75) is 6.54 Å². The van der Waals surface area contributed by atoms with Crippen molar-refractivity contribution in [2.75, 3.05) is 13.2 Å². The molecule has 1 aliphatic heterocycles. The van der Waals surface area contributed by atoms with Gasteiger partial charge in [-0.3, -0.25) is 0 Å². The van der Waals surface area contributed by atoms with Crippen LogP contribution in [0.4, 0.5) is 0 Å². The molecule has 3 rings (SSSR count). The van der Waals surface area contributed by atoms with Crippen molar-refractivity contribution < 1.29 is 14.0 Å². The number of hydrogen-bond acceptors (Lipinski definition) is 5. The van der Waals surface area contributed by atoms with E-state index >= 15 is 0 Å². The second-order valence-electron chi connectivity index (χ2n) is 3.74. The highest BCUT2D eigenvalue weighted by molar-refractivity contribution is 5.65. The summed E-state index contributed by atoms with van der Waals surface area (Å²) in [7, 11) is 0. The van der Waals surface area contributed by atoms with Gasteiger partial charge in [0.05, 0.1) is 6.20 Å². The lowest BCUT2D eigenvalue weighted by atomic mass is 10.1. The molecular formula is C12H12N2O3. The minimum Gasteiger partial charge on any atom is -0.486 e. The van der Waals surface area contributed by atoms with Crippen LogP contribution in [0.25, 0.3) is 11.3 Å². The van der Waals surface area contributed by atoms with E-state index in [0.29, 0.717) is 25.5 Å². The van der Waals surface area contributed by atoms with Crippen LogP contribution >= 0.6 is 0 Å². The molecule has 0 saturated heterocycles. The Kier molecular flexibility index (Phi) is 2.45. The fourth-order valence-electron chi connectivity index (χ4n) is 1.83. The van der Waals surface area contributed by atoms with Crippen molar-refractivity contribution in [3.8, 4) is 22.8 Å². The van der Waals surface area contributed by atoms with E-state index in [9.17, 15) is 0 Å². The Morgan fingerprint density at radius 1 is 1.18 bits per heavy atom. The number of ether oxygens (including phenoxy) is 2. The molecule has 0 atom stereocenters. The highest BCUT2D eigenvalue weighted by Gasteiger charge is 2.15. The molecule has 1 aromatic heterocycles. The number of nitrogens with two attached hydrogens (primary N) is 1. The Balaban J connectivity index is 2.04. The summed E-state index contributed by atoms with van der Waals surface area (Å²) in [5.74, 6) is 2.17. The van der Waals surface area contributed by atoms with Gasteiger partial charge in [-0.15, -0.1) is 0 Å². The third kappa shape index (κ3) is 1.74. The fourth-order valence-corrected chi connectivity index (χ4v) is 1.83. The normalized spacial score (nSPS) is 13.7. The van der Waals surface area contributed by atoms with Gasteiger partial charge in [-0.1, -0.05) is 5.16 Å². The zero-order valence-electron chi connectivity index (χ0n) is 9.18. The third-order valence-electron chi connectivity index (χ3n) is 2.67. The van der Waals surface area contributed by atoms with E-state index in [1.54, 1.807) is 6.20 Å². The number of fused-ring (bicyclic) bond motifs is 1. The molecule has 0 aliphatic carbocycles. The number of hydrogen-bond donors (Lipinski definition) is 1. The van der Waals surface area contributed by atoms with Crippen molar-refractivity contribution in [2.24, 2.45) is 5.73 Å². The maximum Gasteiger partial charge on any atom is 0.171 e. The van der Waals surface area contributed by atoms with Gasteiger partial charge in [0.1, 0.15) is 13.2 Å². The second-order valence-corrected chi connectivity index (χ2v) is 3.74. The number of benzene rings is 1. The zero-order valence-corrected chi connectivity index (χ0v) is 9.18. The maximum absolute atomic E-state index is 5.61. The van der Waals surface area contributed by atoms with Gasteiger partial charge < -0.3 is 19.7 Å². The molecule has 88 valence electrons. The third-order valence-corrected chi connectivity index (χ3v) is 2.67. The minimum absolute atomic E-state index is 0.396. The molecule has 0 saturated carbocycles. The van der Waals surface area contributed by atoms with E-state index in [2.05, 4.69) is 5.16 Å². The SMILES string of the molecule is NCc1cnoc1-c1ccc2c(c1)OCCO2. The van der Waals surface area contributed by atoms with E-state index in [1.807, 2.05) is 18.2 Å². The molecule has 2 N–H and O–H groups in total. The van der Waals surface area contributed by atoms with Crippen LogP contribution in [0.2, 0.25) is 0 Å². The lowest BCUT2D eigenvalue weighted by Crippen LogP contribution is -2.15. The molecule has 0 spiro atoms. The summed E-state index contributed by atoms with van der Waals surface area (Å²) in [6, 6.07) is 5.66. The lowest BCUT2D eigenvalue weighted by Gasteiger charge is -2.18. The summed E-state index contributed by atoms with van der Waals surface area (Å²) < 4.78 is 16.2. The molecule has 0 bridgehead atoms. The molecule has 0 radical (unpaired) electrons. The summed E-state index contributed by atoms with van der Waals surface area (Å²) >= 11 is 0. The van der Waals surface area contributed by atoms with Crippen molar-refractivity contribution in [1.29, 1.82) is 0 Å². The van der Waals surface area contributed by atoms with Crippen LogP contribution in [0.5, 0.6) is 11.5 Å². The van der Waals surface area contributed by atoms with E-state index < -0.39 is 0 Å². The Bertz CT molecular complexity index is 536. The van der Waals surface area contributed by atoms with E-state index in [1.165, 1.54) is 0 Å². The van der Waals surface area contributed by atoms with Crippen LogP contribution < -0.4 is 15.2 Å². The quantitative estimate of drug-likeness (QED) is 0.851. The standard InChI is InChI=1S/C12H12N2O3/c13-6-9-7-14-17-12(9)8-1-2-10-11(5-8)16-4-3-15-10/h1-2,5,7H,3-4,6,13H2. The average molecular weight is 232 g/mol. The number of aromatic nitrogens is 1. The van der Waals surface area contributed by atoms with Crippen molar-refractivity contribution >= 4 is 0 Å². The lowest BCUT2D eigenvalue weighted by molar-refractivity contribution is 0.171. The van der Waals surface area contributed by atoms with Crippen LogP contribution in [0, 0.1) is 0 Å². The molecule has 17 heavy (non-hydrogen) atoms. The molecule has 0 unspecified atom stereocenters. The molecule has 0 fully saturated rings. The van der Waals surface area contributed by atoms with Gasteiger partial charge in [-0.25, -0.2) is 0 Å². The molecule has 5 nitrogen and oxygen atoms in total. The van der Waals surface area contributed by atoms with Crippen LogP contribution in [0.3, 0.4) is 0 Å². The van der Waals surface area contributed by atoms with Crippen LogP contribution in [-0.2, 0) is 6.54 Å². The predicted molar refractivity (Wildman–Crippen MR) is 60.8 cm³/mol.